The highest BCUT2D eigenvalue weighted by Crippen LogP contribution is 2.25. The summed E-state index contributed by atoms with van der Waals surface area (Å²) in [4.78, 5) is 11.3. The van der Waals surface area contributed by atoms with E-state index >= 15 is 0 Å². The van der Waals surface area contributed by atoms with E-state index in [1.54, 1.807) is 0 Å². The summed E-state index contributed by atoms with van der Waals surface area (Å²) in [6.07, 6.45) is 9.83. The van der Waals surface area contributed by atoms with Crippen molar-refractivity contribution in [3.8, 4) is 0 Å². The SMILES string of the molecule is O=C(O)C(CCC1C=CC=C1)c1ccccc1. The van der Waals surface area contributed by atoms with Crippen LogP contribution in [0.15, 0.2) is 54.6 Å². The Labute approximate surface area is 101 Å². The number of aliphatic carboxylic acids is 1. The number of carboxylic acids is 1. The van der Waals surface area contributed by atoms with E-state index in [0.717, 1.165) is 12.0 Å². The summed E-state index contributed by atoms with van der Waals surface area (Å²) in [5.41, 5.74) is 0.894. The van der Waals surface area contributed by atoms with Crippen LogP contribution in [0.4, 0.5) is 0 Å². The Hall–Kier alpha value is -1.83. The quantitative estimate of drug-likeness (QED) is 0.838. The van der Waals surface area contributed by atoms with Crippen molar-refractivity contribution in [3.05, 3.63) is 60.2 Å². The van der Waals surface area contributed by atoms with Crippen molar-refractivity contribution in [3.63, 3.8) is 0 Å². The van der Waals surface area contributed by atoms with Gasteiger partial charge in [-0.15, -0.1) is 0 Å². The first-order valence-corrected chi connectivity index (χ1v) is 5.90. The maximum atomic E-state index is 11.3. The van der Waals surface area contributed by atoms with Crippen molar-refractivity contribution < 1.29 is 9.90 Å². The highest BCUT2D eigenvalue weighted by molar-refractivity contribution is 5.76. The lowest BCUT2D eigenvalue weighted by Crippen LogP contribution is -2.12. The zero-order valence-electron chi connectivity index (χ0n) is 9.62. The molecule has 88 valence electrons. The Morgan fingerprint density at radius 2 is 1.82 bits per heavy atom. The molecule has 0 bridgehead atoms. The van der Waals surface area contributed by atoms with Gasteiger partial charge < -0.3 is 5.11 Å². The molecule has 1 aromatic rings. The third kappa shape index (κ3) is 3.06. The number of hydrogen-bond acceptors (Lipinski definition) is 1. The topological polar surface area (TPSA) is 37.3 Å². The van der Waals surface area contributed by atoms with E-state index in [1.165, 1.54) is 0 Å². The van der Waals surface area contributed by atoms with Crippen molar-refractivity contribution >= 4 is 5.97 Å². The van der Waals surface area contributed by atoms with Gasteiger partial charge in [0.05, 0.1) is 5.92 Å². The lowest BCUT2D eigenvalue weighted by molar-refractivity contribution is -0.139. The van der Waals surface area contributed by atoms with E-state index in [4.69, 9.17) is 0 Å². The average molecular weight is 228 g/mol. The molecule has 2 rings (SSSR count). The molecule has 1 unspecified atom stereocenters. The summed E-state index contributed by atoms with van der Waals surface area (Å²) in [5.74, 6) is -0.721. The van der Waals surface area contributed by atoms with E-state index < -0.39 is 11.9 Å². The minimum absolute atomic E-state index is 0.390. The molecule has 0 aromatic heterocycles. The number of hydrogen-bond donors (Lipinski definition) is 1. The van der Waals surface area contributed by atoms with Crippen molar-refractivity contribution in [1.29, 1.82) is 0 Å². The number of rotatable bonds is 5. The monoisotopic (exact) mass is 228 g/mol. The molecule has 17 heavy (non-hydrogen) atoms. The molecule has 1 aliphatic rings. The molecule has 1 N–H and O–H groups in total. The summed E-state index contributed by atoms with van der Waals surface area (Å²) in [6.45, 7) is 0. The van der Waals surface area contributed by atoms with E-state index in [9.17, 15) is 9.90 Å². The second kappa shape index (κ2) is 5.48. The average Bonchev–Trinajstić information content (AvgIpc) is 2.83. The van der Waals surface area contributed by atoms with Gasteiger partial charge in [-0.2, -0.15) is 0 Å². The third-order valence-corrected chi connectivity index (χ3v) is 3.12. The molecule has 1 aliphatic carbocycles. The molecular formula is C15H16O2. The van der Waals surface area contributed by atoms with E-state index in [0.29, 0.717) is 12.3 Å². The van der Waals surface area contributed by atoms with Gasteiger partial charge in [-0.1, -0.05) is 54.6 Å². The molecule has 0 radical (unpaired) electrons. The highest BCUT2D eigenvalue weighted by Gasteiger charge is 2.20. The van der Waals surface area contributed by atoms with Gasteiger partial charge in [0.1, 0.15) is 0 Å². The molecule has 0 heterocycles. The zero-order valence-corrected chi connectivity index (χ0v) is 9.62. The van der Waals surface area contributed by atoms with Crippen molar-refractivity contribution in [1.82, 2.24) is 0 Å². The van der Waals surface area contributed by atoms with Crippen molar-refractivity contribution in [2.24, 2.45) is 5.92 Å². The van der Waals surface area contributed by atoms with Crippen LogP contribution >= 0.6 is 0 Å². The largest absolute Gasteiger partial charge is 0.481 e. The van der Waals surface area contributed by atoms with Crippen LogP contribution in [0, 0.1) is 5.92 Å². The fourth-order valence-electron chi connectivity index (χ4n) is 2.15. The van der Waals surface area contributed by atoms with Crippen molar-refractivity contribution in [2.75, 3.05) is 0 Å². The molecule has 2 nitrogen and oxygen atoms in total. The van der Waals surface area contributed by atoms with E-state index in [1.807, 2.05) is 42.5 Å². The minimum atomic E-state index is -0.734. The fourth-order valence-corrected chi connectivity index (χ4v) is 2.15. The second-order valence-electron chi connectivity index (χ2n) is 4.31. The van der Waals surface area contributed by atoms with Gasteiger partial charge in [-0.05, 0) is 24.3 Å². The summed E-state index contributed by atoms with van der Waals surface area (Å²) >= 11 is 0. The van der Waals surface area contributed by atoms with Gasteiger partial charge in [0.25, 0.3) is 0 Å². The van der Waals surface area contributed by atoms with Crippen LogP contribution in [-0.4, -0.2) is 11.1 Å². The van der Waals surface area contributed by atoms with E-state index in [2.05, 4.69) is 12.2 Å². The van der Waals surface area contributed by atoms with Gasteiger partial charge in [0.2, 0.25) is 0 Å². The van der Waals surface area contributed by atoms with Crippen LogP contribution in [0.1, 0.15) is 24.3 Å². The molecule has 0 spiro atoms. The molecule has 1 atom stereocenters. The first-order chi connectivity index (χ1) is 8.27. The number of carboxylic acid groups (broad SMARTS) is 1. The predicted molar refractivity (Wildman–Crippen MR) is 67.8 cm³/mol. The van der Waals surface area contributed by atoms with Crippen LogP contribution in [-0.2, 0) is 4.79 Å². The fraction of sp³-hybridized carbons (Fsp3) is 0.267. The highest BCUT2D eigenvalue weighted by atomic mass is 16.4. The Kier molecular flexibility index (Phi) is 3.76. The van der Waals surface area contributed by atoms with Crippen LogP contribution in [0.3, 0.4) is 0 Å². The first kappa shape index (κ1) is 11.6. The number of allylic oxidation sites excluding steroid dienone is 4. The molecule has 1 aromatic carbocycles. The summed E-state index contributed by atoms with van der Waals surface area (Å²) in [7, 11) is 0. The smallest absolute Gasteiger partial charge is 0.310 e. The van der Waals surface area contributed by atoms with Gasteiger partial charge in [0.15, 0.2) is 0 Å². The molecule has 0 saturated carbocycles. The number of carbonyl (C=O) groups is 1. The molecule has 2 heteroatoms. The van der Waals surface area contributed by atoms with Gasteiger partial charge in [0, 0.05) is 0 Å². The summed E-state index contributed by atoms with van der Waals surface area (Å²) < 4.78 is 0. The van der Waals surface area contributed by atoms with Gasteiger partial charge >= 0.3 is 5.97 Å². The standard InChI is InChI=1S/C15H16O2/c16-15(17)14(13-8-2-1-3-9-13)11-10-12-6-4-5-7-12/h1-9,12,14H,10-11H2,(H,16,17). The van der Waals surface area contributed by atoms with Crippen LogP contribution in [0.2, 0.25) is 0 Å². The Bertz CT molecular complexity index is 419. The maximum Gasteiger partial charge on any atom is 0.310 e. The second-order valence-corrected chi connectivity index (χ2v) is 4.31. The Morgan fingerprint density at radius 3 is 2.41 bits per heavy atom. The predicted octanol–water partition coefficient (Wildman–Crippen LogP) is 3.38. The molecule has 0 amide bonds. The van der Waals surface area contributed by atoms with Gasteiger partial charge in [-0.25, -0.2) is 0 Å². The zero-order chi connectivity index (χ0) is 12.1. The summed E-state index contributed by atoms with van der Waals surface area (Å²) in [6, 6.07) is 9.46. The van der Waals surface area contributed by atoms with Crippen LogP contribution in [0.5, 0.6) is 0 Å². The van der Waals surface area contributed by atoms with Crippen molar-refractivity contribution in [2.45, 2.75) is 18.8 Å². The maximum absolute atomic E-state index is 11.3. The first-order valence-electron chi connectivity index (χ1n) is 5.90. The molecule has 0 saturated heterocycles. The lowest BCUT2D eigenvalue weighted by Gasteiger charge is -2.14. The minimum Gasteiger partial charge on any atom is -0.481 e. The van der Waals surface area contributed by atoms with Crippen LogP contribution in [0.25, 0.3) is 0 Å². The molecule has 0 fully saturated rings. The molecule has 0 aliphatic heterocycles. The van der Waals surface area contributed by atoms with E-state index in [-0.39, 0.29) is 0 Å². The molecular weight excluding hydrogens is 212 g/mol. The van der Waals surface area contributed by atoms with Crippen LogP contribution < -0.4 is 0 Å². The lowest BCUT2D eigenvalue weighted by atomic mass is 9.91. The summed E-state index contributed by atoms with van der Waals surface area (Å²) in [5, 5.41) is 9.26. The normalized spacial score (nSPS) is 16.2. The van der Waals surface area contributed by atoms with Gasteiger partial charge in [-0.3, -0.25) is 4.79 Å². The Morgan fingerprint density at radius 1 is 1.18 bits per heavy atom. The number of benzene rings is 1. The third-order valence-electron chi connectivity index (χ3n) is 3.12. The Balaban J connectivity index is 2.00.